The fourth-order valence-electron chi connectivity index (χ4n) is 2.57. The van der Waals surface area contributed by atoms with Gasteiger partial charge in [0, 0.05) is 23.7 Å². The number of aromatic nitrogens is 1. The minimum atomic E-state index is -0.433. The van der Waals surface area contributed by atoms with Crippen LogP contribution in [0.2, 0.25) is 5.02 Å². The average molecular weight is 347 g/mol. The predicted octanol–water partition coefficient (Wildman–Crippen LogP) is 4.66. The van der Waals surface area contributed by atoms with E-state index in [-0.39, 0.29) is 5.52 Å². The third-order valence-corrected chi connectivity index (χ3v) is 4.08. The number of pyridine rings is 1. The number of benzene rings is 2. The molecule has 2 aromatic carbocycles. The lowest BCUT2D eigenvalue weighted by molar-refractivity contribution is 0.352. The molecule has 0 aliphatic heterocycles. The Morgan fingerprint density at radius 2 is 1.96 bits per heavy atom. The van der Waals surface area contributed by atoms with E-state index in [9.17, 15) is 4.39 Å². The van der Waals surface area contributed by atoms with E-state index in [0.29, 0.717) is 34.1 Å². The van der Waals surface area contributed by atoms with Gasteiger partial charge >= 0.3 is 0 Å². The van der Waals surface area contributed by atoms with Crippen LogP contribution in [0.15, 0.2) is 42.6 Å². The highest BCUT2D eigenvalue weighted by molar-refractivity contribution is 6.35. The van der Waals surface area contributed by atoms with Crippen LogP contribution in [0.3, 0.4) is 0 Å². The molecule has 0 saturated heterocycles. The normalized spacial score (nSPS) is 10.7. The fourth-order valence-corrected chi connectivity index (χ4v) is 2.78. The van der Waals surface area contributed by atoms with Gasteiger partial charge in [0.1, 0.15) is 5.52 Å². The van der Waals surface area contributed by atoms with Crippen molar-refractivity contribution in [3.05, 3.63) is 59.0 Å². The SMILES string of the molecule is COc1cccc(CNc2ccc3c(Cl)ccnc3c2F)c1OC. The molecule has 0 amide bonds. The number of nitrogens with one attached hydrogen (secondary N) is 1. The summed E-state index contributed by atoms with van der Waals surface area (Å²) in [5.74, 6) is 0.816. The maximum Gasteiger partial charge on any atom is 0.172 e. The van der Waals surface area contributed by atoms with Crippen LogP contribution < -0.4 is 14.8 Å². The molecule has 6 heteroatoms. The number of hydrogen-bond donors (Lipinski definition) is 1. The molecule has 24 heavy (non-hydrogen) atoms. The molecule has 4 nitrogen and oxygen atoms in total. The summed E-state index contributed by atoms with van der Waals surface area (Å²) in [6.45, 7) is 0.378. The van der Waals surface area contributed by atoms with E-state index in [1.54, 1.807) is 32.4 Å². The first-order valence-corrected chi connectivity index (χ1v) is 7.70. The van der Waals surface area contributed by atoms with Crippen LogP contribution in [0.25, 0.3) is 10.9 Å². The second-order valence-corrected chi connectivity index (χ2v) is 5.53. The molecule has 0 radical (unpaired) electrons. The van der Waals surface area contributed by atoms with Crippen molar-refractivity contribution in [2.45, 2.75) is 6.54 Å². The highest BCUT2D eigenvalue weighted by Gasteiger charge is 2.13. The number of ether oxygens (including phenoxy) is 2. The van der Waals surface area contributed by atoms with E-state index >= 15 is 0 Å². The first-order valence-electron chi connectivity index (χ1n) is 7.32. The highest BCUT2D eigenvalue weighted by Crippen LogP contribution is 2.32. The Labute approximate surface area is 144 Å². The van der Waals surface area contributed by atoms with Crippen LogP contribution in [0.5, 0.6) is 11.5 Å². The molecular weight excluding hydrogens is 331 g/mol. The van der Waals surface area contributed by atoms with Crippen LogP contribution in [0.4, 0.5) is 10.1 Å². The molecule has 0 atom stereocenters. The predicted molar refractivity (Wildman–Crippen MR) is 93.6 cm³/mol. The smallest absolute Gasteiger partial charge is 0.172 e. The number of halogens is 2. The number of nitrogens with zero attached hydrogens (tertiary/aromatic N) is 1. The van der Waals surface area contributed by atoms with E-state index < -0.39 is 5.82 Å². The van der Waals surface area contributed by atoms with Crippen LogP contribution in [-0.4, -0.2) is 19.2 Å². The van der Waals surface area contributed by atoms with Crippen molar-refractivity contribution in [2.75, 3.05) is 19.5 Å². The number of rotatable bonds is 5. The highest BCUT2D eigenvalue weighted by atomic mass is 35.5. The molecule has 3 aromatic rings. The molecule has 0 aliphatic carbocycles. The van der Waals surface area contributed by atoms with E-state index in [0.717, 1.165) is 5.56 Å². The lowest BCUT2D eigenvalue weighted by atomic mass is 10.1. The summed E-state index contributed by atoms with van der Waals surface area (Å²) in [7, 11) is 3.15. The Kier molecular flexibility index (Phi) is 4.71. The van der Waals surface area contributed by atoms with Crippen molar-refractivity contribution in [3.8, 4) is 11.5 Å². The van der Waals surface area contributed by atoms with Crippen molar-refractivity contribution in [1.82, 2.24) is 4.98 Å². The van der Waals surface area contributed by atoms with E-state index in [4.69, 9.17) is 21.1 Å². The van der Waals surface area contributed by atoms with Gasteiger partial charge in [-0.05, 0) is 24.3 Å². The molecule has 1 aromatic heterocycles. The lowest BCUT2D eigenvalue weighted by Crippen LogP contribution is -2.05. The van der Waals surface area contributed by atoms with E-state index in [1.807, 2.05) is 18.2 Å². The number of para-hydroxylation sites is 1. The van der Waals surface area contributed by atoms with Crippen molar-refractivity contribution >= 4 is 28.2 Å². The Bertz CT molecular complexity index is 886. The van der Waals surface area contributed by atoms with Crippen molar-refractivity contribution < 1.29 is 13.9 Å². The zero-order chi connectivity index (χ0) is 17.1. The summed E-state index contributed by atoms with van der Waals surface area (Å²) in [5.41, 5.74) is 1.45. The van der Waals surface area contributed by atoms with Gasteiger partial charge in [0.15, 0.2) is 17.3 Å². The zero-order valence-corrected chi connectivity index (χ0v) is 14.0. The average Bonchev–Trinajstić information content (AvgIpc) is 2.61. The molecule has 0 saturated carbocycles. The number of methoxy groups -OCH3 is 2. The minimum absolute atomic E-state index is 0.241. The minimum Gasteiger partial charge on any atom is -0.493 e. The van der Waals surface area contributed by atoms with Crippen LogP contribution in [0, 0.1) is 5.82 Å². The molecule has 124 valence electrons. The van der Waals surface area contributed by atoms with Crippen LogP contribution in [0.1, 0.15) is 5.56 Å². The largest absolute Gasteiger partial charge is 0.493 e. The van der Waals surface area contributed by atoms with Gasteiger partial charge in [-0.1, -0.05) is 23.7 Å². The van der Waals surface area contributed by atoms with Gasteiger partial charge < -0.3 is 14.8 Å². The van der Waals surface area contributed by atoms with Gasteiger partial charge in [-0.25, -0.2) is 4.39 Å². The summed E-state index contributed by atoms with van der Waals surface area (Å²) >= 11 is 6.07. The maximum atomic E-state index is 14.6. The van der Waals surface area contributed by atoms with Crippen LogP contribution in [-0.2, 0) is 6.54 Å². The Balaban J connectivity index is 1.91. The standard InChI is InChI=1S/C18H16ClFN2O2/c1-23-15-5-3-4-11(18(15)24-2)10-22-14-7-6-12-13(19)8-9-21-17(12)16(14)20/h3-9,22H,10H2,1-2H3. The Hall–Kier alpha value is -2.53. The van der Waals surface area contributed by atoms with Crippen molar-refractivity contribution in [1.29, 1.82) is 0 Å². The molecule has 0 spiro atoms. The Morgan fingerprint density at radius 3 is 2.71 bits per heavy atom. The van der Waals surface area contributed by atoms with E-state index in [1.165, 1.54) is 6.20 Å². The van der Waals surface area contributed by atoms with Crippen molar-refractivity contribution in [2.24, 2.45) is 0 Å². The molecule has 1 N–H and O–H groups in total. The first-order chi connectivity index (χ1) is 11.7. The number of anilines is 1. The Morgan fingerprint density at radius 1 is 1.12 bits per heavy atom. The topological polar surface area (TPSA) is 43.4 Å². The second-order valence-electron chi connectivity index (χ2n) is 5.12. The summed E-state index contributed by atoms with van der Waals surface area (Å²) in [5, 5.41) is 4.13. The zero-order valence-electron chi connectivity index (χ0n) is 13.3. The van der Waals surface area contributed by atoms with Gasteiger partial charge in [-0.15, -0.1) is 0 Å². The van der Waals surface area contributed by atoms with Gasteiger partial charge in [-0.3, -0.25) is 4.98 Å². The monoisotopic (exact) mass is 346 g/mol. The quantitative estimate of drug-likeness (QED) is 0.730. The lowest BCUT2D eigenvalue weighted by Gasteiger charge is -2.14. The third kappa shape index (κ3) is 2.95. The van der Waals surface area contributed by atoms with Gasteiger partial charge in [-0.2, -0.15) is 0 Å². The van der Waals surface area contributed by atoms with Crippen LogP contribution >= 0.6 is 11.6 Å². The summed E-state index contributed by atoms with van der Waals surface area (Å²) in [6.07, 6.45) is 1.49. The number of fused-ring (bicyclic) bond motifs is 1. The second kappa shape index (κ2) is 6.93. The van der Waals surface area contributed by atoms with E-state index in [2.05, 4.69) is 10.3 Å². The summed E-state index contributed by atoms with van der Waals surface area (Å²) < 4.78 is 25.3. The van der Waals surface area contributed by atoms with Gasteiger partial charge in [0.05, 0.1) is 24.9 Å². The van der Waals surface area contributed by atoms with Gasteiger partial charge in [0.2, 0.25) is 0 Å². The summed E-state index contributed by atoms with van der Waals surface area (Å²) in [6, 6.07) is 10.6. The summed E-state index contributed by atoms with van der Waals surface area (Å²) in [4.78, 5) is 4.07. The molecule has 3 rings (SSSR count). The maximum absolute atomic E-state index is 14.6. The van der Waals surface area contributed by atoms with Gasteiger partial charge in [0.25, 0.3) is 0 Å². The third-order valence-electron chi connectivity index (χ3n) is 3.75. The molecular formula is C18H16ClFN2O2. The number of hydrogen-bond acceptors (Lipinski definition) is 4. The fraction of sp³-hybridized carbons (Fsp3) is 0.167. The molecule has 1 heterocycles. The molecule has 0 bridgehead atoms. The molecule has 0 aliphatic rings. The molecule has 0 unspecified atom stereocenters. The molecule has 0 fully saturated rings. The first kappa shape index (κ1) is 16.3. The van der Waals surface area contributed by atoms with Crippen molar-refractivity contribution in [3.63, 3.8) is 0 Å².